The van der Waals surface area contributed by atoms with E-state index >= 15 is 0 Å². The van der Waals surface area contributed by atoms with Gasteiger partial charge in [-0.1, -0.05) is 59.3 Å². The van der Waals surface area contributed by atoms with Gasteiger partial charge in [-0.05, 0) is 24.2 Å². The van der Waals surface area contributed by atoms with Crippen LogP contribution in [0.25, 0.3) is 0 Å². The summed E-state index contributed by atoms with van der Waals surface area (Å²) in [6.07, 6.45) is 11.7. The van der Waals surface area contributed by atoms with E-state index in [-0.39, 0.29) is 0 Å². The summed E-state index contributed by atoms with van der Waals surface area (Å²) in [5, 5.41) is 0. The molecule has 1 fully saturated rings. The van der Waals surface area contributed by atoms with Gasteiger partial charge < -0.3 is 0 Å². The first-order chi connectivity index (χ1) is 6.19. The first-order valence-corrected chi connectivity index (χ1v) is 6.19. The molecule has 0 N–H and O–H groups in total. The lowest BCUT2D eigenvalue weighted by Gasteiger charge is -2.35. The second-order valence-electron chi connectivity index (χ2n) is 5.26. The van der Waals surface area contributed by atoms with E-state index in [4.69, 9.17) is 0 Å². The summed E-state index contributed by atoms with van der Waals surface area (Å²) < 4.78 is 0. The highest BCUT2D eigenvalue weighted by Crippen LogP contribution is 2.42. The summed E-state index contributed by atoms with van der Waals surface area (Å²) in [6, 6.07) is 0. The number of hydrogen-bond donors (Lipinski definition) is 0. The van der Waals surface area contributed by atoms with Crippen LogP contribution in [0.1, 0.15) is 72.1 Å². The Kier molecular flexibility index (Phi) is 4.28. The maximum atomic E-state index is 2.53. The Morgan fingerprint density at radius 2 is 1.62 bits per heavy atom. The molecule has 0 aromatic heterocycles. The maximum Gasteiger partial charge on any atom is -0.0300 e. The van der Waals surface area contributed by atoms with E-state index < -0.39 is 0 Å². The van der Waals surface area contributed by atoms with Crippen LogP contribution < -0.4 is 0 Å². The zero-order valence-corrected chi connectivity index (χ0v) is 9.73. The van der Waals surface area contributed by atoms with E-state index in [1.54, 1.807) is 0 Å². The quantitative estimate of drug-likeness (QED) is 0.551. The van der Waals surface area contributed by atoms with Gasteiger partial charge in [-0.15, -0.1) is 0 Å². The van der Waals surface area contributed by atoms with Crippen LogP contribution in [0.3, 0.4) is 0 Å². The fourth-order valence-corrected chi connectivity index (χ4v) is 2.81. The Morgan fingerprint density at radius 1 is 1.08 bits per heavy atom. The van der Waals surface area contributed by atoms with Gasteiger partial charge in [0.25, 0.3) is 0 Å². The van der Waals surface area contributed by atoms with Crippen molar-refractivity contribution in [1.82, 2.24) is 0 Å². The fraction of sp³-hybridized carbons (Fsp3) is 1.00. The van der Waals surface area contributed by atoms with E-state index in [9.17, 15) is 0 Å². The van der Waals surface area contributed by atoms with Crippen LogP contribution >= 0.6 is 0 Å². The molecule has 0 nitrogen and oxygen atoms in total. The average Bonchev–Trinajstić information content (AvgIpc) is 2.32. The van der Waals surface area contributed by atoms with Crippen LogP contribution in [0, 0.1) is 11.3 Å². The minimum Gasteiger partial charge on any atom is -0.0654 e. The van der Waals surface area contributed by atoms with Gasteiger partial charge >= 0.3 is 0 Å². The Bertz CT molecular complexity index is 129. The maximum absolute atomic E-state index is 2.53. The molecule has 0 aromatic carbocycles. The SMILES string of the molecule is CCCC(C)C1(C)CCCCCC1. The van der Waals surface area contributed by atoms with E-state index in [0.29, 0.717) is 5.41 Å². The van der Waals surface area contributed by atoms with E-state index in [1.807, 2.05) is 0 Å². The summed E-state index contributed by atoms with van der Waals surface area (Å²) in [7, 11) is 0. The molecule has 0 amide bonds. The standard InChI is InChI=1S/C13H26/c1-4-9-12(2)13(3)10-7-5-6-8-11-13/h12H,4-11H2,1-3H3. The van der Waals surface area contributed by atoms with Crippen molar-refractivity contribution in [2.75, 3.05) is 0 Å². The molecule has 0 aromatic rings. The molecule has 0 heteroatoms. The van der Waals surface area contributed by atoms with Gasteiger partial charge in [0.2, 0.25) is 0 Å². The van der Waals surface area contributed by atoms with Crippen molar-refractivity contribution in [2.45, 2.75) is 72.1 Å². The lowest BCUT2D eigenvalue weighted by atomic mass is 9.71. The second-order valence-corrected chi connectivity index (χ2v) is 5.26. The zero-order valence-electron chi connectivity index (χ0n) is 9.73. The third kappa shape index (κ3) is 3.00. The number of rotatable bonds is 3. The van der Waals surface area contributed by atoms with Gasteiger partial charge in [-0.25, -0.2) is 0 Å². The first kappa shape index (κ1) is 11.1. The molecule has 78 valence electrons. The topological polar surface area (TPSA) is 0 Å². The molecule has 1 aliphatic carbocycles. The Balaban J connectivity index is 2.49. The molecule has 0 saturated heterocycles. The van der Waals surface area contributed by atoms with Crippen LogP contribution in [0.2, 0.25) is 0 Å². The molecule has 1 saturated carbocycles. The van der Waals surface area contributed by atoms with Crippen molar-refractivity contribution in [3.8, 4) is 0 Å². The van der Waals surface area contributed by atoms with Crippen LogP contribution in [0.5, 0.6) is 0 Å². The van der Waals surface area contributed by atoms with Gasteiger partial charge in [0, 0.05) is 0 Å². The second kappa shape index (κ2) is 5.02. The lowest BCUT2D eigenvalue weighted by Crippen LogP contribution is -2.24. The molecule has 0 bridgehead atoms. The van der Waals surface area contributed by atoms with Crippen molar-refractivity contribution in [1.29, 1.82) is 0 Å². The van der Waals surface area contributed by atoms with Gasteiger partial charge in [0.1, 0.15) is 0 Å². The molecule has 0 heterocycles. The van der Waals surface area contributed by atoms with Crippen molar-refractivity contribution >= 4 is 0 Å². The molecule has 0 radical (unpaired) electrons. The Labute approximate surface area is 84.1 Å². The largest absolute Gasteiger partial charge is 0.0654 e. The van der Waals surface area contributed by atoms with Crippen molar-refractivity contribution in [3.63, 3.8) is 0 Å². The summed E-state index contributed by atoms with van der Waals surface area (Å²) in [6.45, 7) is 7.31. The molecule has 13 heavy (non-hydrogen) atoms. The molecule has 1 rings (SSSR count). The molecular formula is C13H26. The molecule has 1 unspecified atom stereocenters. The summed E-state index contributed by atoms with van der Waals surface area (Å²) in [4.78, 5) is 0. The summed E-state index contributed by atoms with van der Waals surface area (Å²) >= 11 is 0. The minimum atomic E-state index is 0.673. The summed E-state index contributed by atoms with van der Waals surface area (Å²) in [5.41, 5.74) is 0.673. The predicted octanol–water partition coefficient (Wildman–Crippen LogP) is 4.78. The normalized spacial score (nSPS) is 25.2. The third-order valence-electron chi connectivity index (χ3n) is 4.16. The third-order valence-corrected chi connectivity index (χ3v) is 4.16. The van der Waals surface area contributed by atoms with Crippen molar-refractivity contribution < 1.29 is 0 Å². The molecular weight excluding hydrogens is 156 g/mol. The molecule has 1 atom stereocenters. The van der Waals surface area contributed by atoms with E-state index in [0.717, 1.165) is 5.92 Å². The smallest absolute Gasteiger partial charge is 0.0300 e. The van der Waals surface area contributed by atoms with E-state index in [1.165, 1.54) is 51.4 Å². The molecule has 1 aliphatic rings. The minimum absolute atomic E-state index is 0.673. The fourth-order valence-electron chi connectivity index (χ4n) is 2.81. The highest BCUT2D eigenvalue weighted by molar-refractivity contribution is 4.81. The summed E-state index contributed by atoms with van der Waals surface area (Å²) in [5.74, 6) is 0.940. The number of hydrogen-bond acceptors (Lipinski definition) is 0. The van der Waals surface area contributed by atoms with Gasteiger partial charge in [0.15, 0.2) is 0 Å². The molecule has 0 spiro atoms. The molecule has 0 aliphatic heterocycles. The Hall–Kier alpha value is 0. The van der Waals surface area contributed by atoms with Crippen LogP contribution in [-0.2, 0) is 0 Å². The van der Waals surface area contributed by atoms with E-state index in [2.05, 4.69) is 20.8 Å². The van der Waals surface area contributed by atoms with Gasteiger partial charge in [-0.2, -0.15) is 0 Å². The van der Waals surface area contributed by atoms with Crippen LogP contribution in [-0.4, -0.2) is 0 Å². The van der Waals surface area contributed by atoms with Gasteiger partial charge in [0.05, 0.1) is 0 Å². The highest BCUT2D eigenvalue weighted by Gasteiger charge is 2.30. The first-order valence-electron chi connectivity index (χ1n) is 6.19. The van der Waals surface area contributed by atoms with Crippen molar-refractivity contribution in [3.05, 3.63) is 0 Å². The van der Waals surface area contributed by atoms with Gasteiger partial charge in [-0.3, -0.25) is 0 Å². The van der Waals surface area contributed by atoms with Crippen molar-refractivity contribution in [2.24, 2.45) is 11.3 Å². The van der Waals surface area contributed by atoms with Crippen LogP contribution in [0.15, 0.2) is 0 Å². The highest BCUT2D eigenvalue weighted by atomic mass is 14.4. The monoisotopic (exact) mass is 182 g/mol. The zero-order chi connectivity index (χ0) is 9.73. The van der Waals surface area contributed by atoms with Crippen LogP contribution in [0.4, 0.5) is 0 Å². The average molecular weight is 182 g/mol. The lowest BCUT2D eigenvalue weighted by molar-refractivity contribution is 0.160. The Morgan fingerprint density at radius 3 is 2.08 bits per heavy atom. The predicted molar refractivity (Wildman–Crippen MR) is 59.9 cm³/mol.